The monoisotopic (exact) mass is 316 g/mol. The van der Waals surface area contributed by atoms with Gasteiger partial charge in [0.2, 0.25) is 5.91 Å². The van der Waals surface area contributed by atoms with E-state index < -0.39 is 11.9 Å². The van der Waals surface area contributed by atoms with Crippen molar-refractivity contribution in [2.75, 3.05) is 39.3 Å². The third-order valence-corrected chi connectivity index (χ3v) is 4.47. The van der Waals surface area contributed by atoms with Crippen LogP contribution < -0.4 is 5.32 Å². The van der Waals surface area contributed by atoms with Gasteiger partial charge >= 0.3 is 11.9 Å². The maximum Gasteiger partial charge on any atom is 0.309 e. The number of rotatable bonds is 9. The van der Waals surface area contributed by atoms with E-state index in [1.807, 2.05) is 6.92 Å². The smallest absolute Gasteiger partial charge is 0.309 e. The zero-order chi connectivity index (χ0) is 16.8. The van der Waals surface area contributed by atoms with Crippen LogP contribution >= 0.6 is 0 Å². The normalized spacial score (nSPS) is 25.1. The van der Waals surface area contributed by atoms with E-state index in [1.165, 1.54) is 6.92 Å². The Morgan fingerprint density at radius 2 is 1.82 bits per heavy atom. The van der Waals surface area contributed by atoms with Gasteiger partial charge in [0, 0.05) is 20.4 Å². The fourth-order valence-electron chi connectivity index (χ4n) is 3.07. The molecule has 0 aliphatic carbocycles. The summed E-state index contributed by atoms with van der Waals surface area (Å²) in [4.78, 5) is 34.8. The van der Waals surface area contributed by atoms with Crippen LogP contribution in [0.15, 0.2) is 0 Å². The topological polar surface area (TPSA) is 107 Å². The fourth-order valence-corrected chi connectivity index (χ4v) is 3.07. The van der Waals surface area contributed by atoms with Crippen LogP contribution in [0.2, 0.25) is 0 Å². The van der Waals surface area contributed by atoms with Gasteiger partial charge in [-0.15, -0.1) is 0 Å². The molecule has 8 heteroatoms. The Bertz CT molecular complexity index is 429. The predicted molar refractivity (Wildman–Crippen MR) is 79.1 cm³/mol. The summed E-state index contributed by atoms with van der Waals surface area (Å²) in [6.45, 7) is 7.06. The Balaban J connectivity index is 2.70. The number of carboxylic acid groups (broad SMARTS) is 2. The molecule has 1 rings (SSSR count). The first kappa shape index (κ1) is 18.4. The molecule has 0 bridgehead atoms. The highest BCUT2D eigenvalue weighted by molar-refractivity contribution is 5.72. The molecule has 3 N–H and O–H groups in total. The lowest BCUT2D eigenvalue weighted by molar-refractivity contribution is -0.941. The molecule has 8 nitrogen and oxygen atoms in total. The number of amides is 1. The molecule has 1 aliphatic heterocycles. The highest BCUT2D eigenvalue weighted by Crippen LogP contribution is 2.25. The first-order valence-electron chi connectivity index (χ1n) is 7.55. The molecule has 2 unspecified atom stereocenters. The molecule has 0 radical (unpaired) electrons. The maximum atomic E-state index is 11.0. The van der Waals surface area contributed by atoms with E-state index in [0.717, 1.165) is 13.1 Å². The maximum absolute atomic E-state index is 11.0. The molecule has 0 aromatic rings. The van der Waals surface area contributed by atoms with Gasteiger partial charge < -0.3 is 20.0 Å². The average Bonchev–Trinajstić information content (AvgIpc) is 2.72. The Hall–Kier alpha value is -1.67. The van der Waals surface area contributed by atoms with E-state index in [0.29, 0.717) is 30.7 Å². The summed E-state index contributed by atoms with van der Waals surface area (Å²) in [5.41, 5.74) is 0. The van der Waals surface area contributed by atoms with Crippen LogP contribution in [0.5, 0.6) is 0 Å². The van der Waals surface area contributed by atoms with Crippen molar-refractivity contribution in [2.45, 2.75) is 32.9 Å². The van der Waals surface area contributed by atoms with Gasteiger partial charge in [0.1, 0.15) is 6.17 Å². The zero-order valence-electron chi connectivity index (χ0n) is 13.2. The van der Waals surface area contributed by atoms with Crippen LogP contribution in [-0.2, 0) is 14.4 Å². The molecule has 2 atom stereocenters. The quantitative estimate of drug-likeness (QED) is 0.497. The average molecular weight is 316 g/mol. The highest BCUT2D eigenvalue weighted by Gasteiger charge is 2.43. The van der Waals surface area contributed by atoms with Crippen molar-refractivity contribution < 1.29 is 29.1 Å². The van der Waals surface area contributed by atoms with Crippen molar-refractivity contribution in [2.24, 2.45) is 0 Å². The summed E-state index contributed by atoms with van der Waals surface area (Å²) in [6.07, 6.45) is 0.194. The molecule has 126 valence electrons. The second kappa shape index (κ2) is 8.09. The minimum atomic E-state index is -0.840. The van der Waals surface area contributed by atoms with Crippen molar-refractivity contribution in [3.05, 3.63) is 0 Å². The Morgan fingerprint density at radius 1 is 1.18 bits per heavy atom. The van der Waals surface area contributed by atoms with Crippen LogP contribution in [0.4, 0.5) is 0 Å². The molecule has 0 spiro atoms. The SMILES string of the molecule is CC(=O)NCC[N+]1(CCC(=O)O)CCN(CCC(=O)O)C1C. The third-order valence-electron chi connectivity index (χ3n) is 4.47. The molecule has 1 amide bonds. The number of carbonyl (C=O) groups is 3. The third kappa shape index (κ3) is 5.27. The van der Waals surface area contributed by atoms with Crippen molar-refractivity contribution in [3.8, 4) is 0 Å². The zero-order valence-corrected chi connectivity index (χ0v) is 13.2. The fraction of sp³-hybridized carbons (Fsp3) is 0.786. The van der Waals surface area contributed by atoms with Gasteiger partial charge in [0.25, 0.3) is 0 Å². The molecular formula is C14H26N3O5+. The largest absolute Gasteiger partial charge is 0.481 e. The molecule has 22 heavy (non-hydrogen) atoms. The minimum Gasteiger partial charge on any atom is -0.481 e. The minimum absolute atomic E-state index is 0.0486. The Kier molecular flexibility index (Phi) is 6.76. The van der Waals surface area contributed by atoms with Crippen LogP contribution in [0.25, 0.3) is 0 Å². The predicted octanol–water partition coefficient (Wildman–Crippen LogP) is -0.450. The lowest BCUT2D eigenvalue weighted by atomic mass is 10.2. The number of hydrogen-bond donors (Lipinski definition) is 3. The lowest BCUT2D eigenvalue weighted by Gasteiger charge is -2.39. The molecule has 1 fully saturated rings. The molecular weight excluding hydrogens is 290 g/mol. The molecule has 0 aromatic carbocycles. The van der Waals surface area contributed by atoms with Crippen LogP contribution in [-0.4, -0.2) is 82.9 Å². The summed E-state index contributed by atoms with van der Waals surface area (Å²) < 4.78 is 0.576. The van der Waals surface area contributed by atoms with E-state index in [4.69, 9.17) is 10.2 Å². The molecule has 1 heterocycles. The van der Waals surface area contributed by atoms with E-state index in [-0.39, 0.29) is 24.9 Å². The summed E-state index contributed by atoms with van der Waals surface area (Å²) in [6, 6.07) is 0. The first-order valence-corrected chi connectivity index (χ1v) is 7.55. The van der Waals surface area contributed by atoms with E-state index in [2.05, 4.69) is 10.2 Å². The first-order chi connectivity index (χ1) is 10.3. The van der Waals surface area contributed by atoms with Crippen molar-refractivity contribution in [1.82, 2.24) is 10.2 Å². The lowest BCUT2D eigenvalue weighted by Crippen LogP contribution is -2.57. The van der Waals surface area contributed by atoms with Crippen LogP contribution in [0.3, 0.4) is 0 Å². The van der Waals surface area contributed by atoms with Crippen molar-refractivity contribution >= 4 is 17.8 Å². The number of hydrogen-bond acceptors (Lipinski definition) is 4. The molecule has 1 aliphatic rings. The number of nitrogens with zero attached hydrogens (tertiary/aromatic N) is 2. The second-order valence-electron chi connectivity index (χ2n) is 5.83. The van der Waals surface area contributed by atoms with E-state index >= 15 is 0 Å². The summed E-state index contributed by atoms with van der Waals surface area (Å²) >= 11 is 0. The summed E-state index contributed by atoms with van der Waals surface area (Å²) in [5, 5.41) is 20.5. The number of carboxylic acids is 2. The van der Waals surface area contributed by atoms with Crippen LogP contribution in [0.1, 0.15) is 26.7 Å². The van der Waals surface area contributed by atoms with Crippen molar-refractivity contribution in [3.63, 3.8) is 0 Å². The molecule has 1 saturated heterocycles. The standard InChI is InChI=1S/C14H25N3O5/c1-11(18)15-5-9-17(8-4-14(21)22)10-7-16(12(17)2)6-3-13(19)20/h12H,3-10H2,1-2H3,(H2-,15,18,19,20,21,22)/p+1. The van der Waals surface area contributed by atoms with Gasteiger partial charge in [-0.05, 0) is 0 Å². The Morgan fingerprint density at radius 3 is 2.36 bits per heavy atom. The molecule has 0 aromatic heterocycles. The number of carbonyl (C=O) groups excluding carboxylic acids is 1. The van der Waals surface area contributed by atoms with Crippen LogP contribution in [0, 0.1) is 0 Å². The van der Waals surface area contributed by atoms with E-state index in [9.17, 15) is 14.4 Å². The number of aliphatic carboxylic acids is 2. The Labute approximate surface area is 130 Å². The highest BCUT2D eigenvalue weighted by atomic mass is 16.4. The van der Waals surface area contributed by atoms with Gasteiger partial charge in [-0.3, -0.25) is 14.4 Å². The van der Waals surface area contributed by atoms with Gasteiger partial charge in [0.15, 0.2) is 0 Å². The second-order valence-corrected chi connectivity index (χ2v) is 5.83. The number of nitrogens with one attached hydrogen (secondary N) is 1. The summed E-state index contributed by atoms with van der Waals surface area (Å²) in [5.74, 6) is -1.78. The number of quaternary nitrogens is 1. The van der Waals surface area contributed by atoms with E-state index in [1.54, 1.807) is 0 Å². The van der Waals surface area contributed by atoms with Gasteiger partial charge in [-0.1, -0.05) is 0 Å². The summed E-state index contributed by atoms with van der Waals surface area (Å²) in [7, 11) is 0. The molecule has 0 saturated carbocycles. The van der Waals surface area contributed by atoms with Gasteiger partial charge in [0.05, 0.1) is 45.6 Å². The van der Waals surface area contributed by atoms with Gasteiger partial charge in [-0.2, -0.15) is 0 Å². The van der Waals surface area contributed by atoms with Crippen molar-refractivity contribution in [1.29, 1.82) is 0 Å². The van der Waals surface area contributed by atoms with Gasteiger partial charge in [-0.25, -0.2) is 4.90 Å².